The van der Waals surface area contributed by atoms with E-state index in [1.807, 2.05) is 30.1 Å². The van der Waals surface area contributed by atoms with Crippen molar-refractivity contribution in [2.45, 2.75) is 45.7 Å². The topological polar surface area (TPSA) is 50.2 Å². The molecule has 1 fully saturated rings. The Morgan fingerprint density at radius 2 is 2.29 bits per heavy atom. The Hall–Kier alpha value is -1.66. The summed E-state index contributed by atoms with van der Waals surface area (Å²) in [6.45, 7) is 7.65. The lowest BCUT2D eigenvalue weighted by molar-refractivity contribution is -0.123. The minimum Gasteiger partial charge on any atom is -0.348 e. The van der Waals surface area contributed by atoms with E-state index in [2.05, 4.69) is 35.2 Å². The van der Waals surface area contributed by atoms with Crippen molar-refractivity contribution < 1.29 is 4.79 Å². The predicted molar refractivity (Wildman–Crippen MR) is 97.1 cm³/mol. The van der Waals surface area contributed by atoms with Crippen molar-refractivity contribution in [3.05, 3.63) is 39.3 Å². The van der Waals surface area contributed by atoms with E-state index in [1.54, 1.807) is 11.3 Å². The van der Waals surface area contributed by atoms with Gasteiger partial charge in [-0.25, -0.2) is 0 Å². The van der Waals surface area contributed by atoms with Gasteiger partial charge >= 0.3 is 0 Å². The van der Waals surface area contributed by atoms with E-state index in [0.29, 0.717) is 12.6 Å². The van der Waals surface area contributed by atoms with E-state index in [9.17, 15) is 4.79 Å². The third-order valence-corrected chi connectivity index (χ3v) is 6.01. The molecular formula is C18H26N4OS. The van der Waals surface area contributed by atoms with Crippen LogP contribution in [0.1, 0.15) is 53.7 Å². The molecule has 0 bridgehead atoms. The number of carbonyl (C=O) groups excluding carboxylic acids is 1. The van der Waals surface area contributed by atoms with Crippen LogP contribution in [0.5, 0.6) is 0 Å². The minimum atomic E-state index is 0.0698. The lowest BCUT2D eigenvalue weighted by Crippen LogP contribution is -2.38. The van der Waals surface area contributed by atoms with Crippen molar-refractivity contribution in [3.8, 4) is 0 Å². The Labute approximate surface area is 147 Å². The largest absolute Gasteiger partial charge is 0.348 e. The fraction of sp³-hybridized carbons (Fsp3) is 0.556. The zero-order valence-electron chi connectivity index (χ0n) is 14.9. The molecule has 1 aliphatic heterocycles. The first kappa shape index (κ1) is 17.2. The van der Waals surface area contributed by atoms with Gasteiger partial charge in [-0.2, -0.15) is 5.10 Å². The van der Waals surface area contributed by atoms with Crippen molar-refractivity contribution in [1.82, 2.24) is 20.0 Å². The van der Waals surface area contributed by atoms with Gasteiger partial charge in [0.15, 0.2) is 0 Å². The molecule has 5 nitrogen and oxygen atoms in total. The van der Waals surface area contributed by atoms with E-state index in [1.165, 1.54) is 16.1 Å². The standard InChI is InChI=1S/C18H26N4OS/c1-12(16-8-6-10-24-16)19-17(23)11-22-9-5-7-15(22)18-13(2)20-21(4)14(18)3/h6,8,10,12,15H,5,7,9,11H2,1-4H3,(H,19,23)/t12-,15+/m0/s1. The Morgan fingerprint density at radius 3 is 2.92 bits per heavy atom. The zero-order chi connectivity index (χ0) is 17.3. The molecule has 2 atom stereocenters. The summed E-state index contributed by atoms with van der Waals surface area (Å²) in [6, 6.07) is 4.46. The number of likely N-dealkylation sites (tertiary alicyclic amines) is 1. The normalized spacial score (nSPS) is 19.6. The van der Waals surface area contributed by atoms with Gasteiger partial charge in [-0.1, -0.05) is 6.07 Å². The van der Waals surface area contributed by atoms with Crippen LogP contribution in [0.3, 0.4) is 0 Å². The number of hydrogen-bond donors (Lipinski definition) is 1. The summed E-state index contributed by atoms with van der Waals surface area (Å²) in [5.41, 5.74) is 3.59. The molecule has 130 valence electrons. The van der Waals surface area contributed by atoms with E-state index in [4.69, 9.17) is 0 Å². The zero-order valence-corrected chi connectivity index (χ0v) is 15.7. The molecule has 1 N–H and O–H groups in total. The number of aromatic nitrogens is 2. The number of thiophene rings is 1. The second-order valence-electron chi connectivity index (χ2n) is 6.64. The first-order chi connectivity index (χ1) is 11.5. The smallest absolute Gasteiger partial charge is 0.234 e. The van der Waals surface area contributed by atoms with Crippen LogP contribution in [0.4, 0.5) is 0 Å². The summed E-state index contributed by atoms with van der Waals surface area (Å²) < 4.78 is 1.94. The summed E-state index contributed by atoms with van der Waals surface area (Å²) in [7, 11) is 1.99. The molecule has 0 unspecified atom stereocenters. The van der Waals surface area contributed by atoms with Crippen LogP contribution in [-0.4, -0.2) is 33.7 Å². The average molecular weight is 346 g/mol. The number of aryl methyl sites for hydroxylation is 2. The van der Waals surface area contributed by atoms with Gasteiger partial charge < -0.3 is 5.32 Å². The second-order valence-corrected chi connectivity index (χ2v) is 7.62. The van der Waals surface area contributed by atoms with Gasteiger partial charge in [-0.15, -0.1) is 11.3 Å². The molecule has 0 aliphatic carbocycles. The van der Waals surface area contributed by atoms with Gasteiger partial charge in [0.1, 0.15) is 0 Å². The maximum atomic E-state index is 12.5. The first-order valence-electron chi connectivity index (χ1n) is 8.54. The molecule has 3 rings (SSSR count). The monoisotopic (exact) mass is 346 g/mol. The Kier molecular flexibility index (Phi) is 5.06. The highest BCUT2D eigenvalue weighted by Gasteiger charge is 2.31. The summed E-state index contributed by atoms with van der Waals surface area (Å²) in [4.78, 5) is 16.0. The number of hydrogen-bond acceptors (Lipinski definition) is 4. The highest BCUT2D eigenvalue weighted by Crippen LogP contribution is 2.35. The van der Waals surface area contributed by atoms with Gasteiger partial charge in [-0.05, 0) is 51.6 Å². The lowest BCUT2D eigenvalue weighted by Gasteiger charge is -2.25. The summed E-state index contributed by atoms with van der Waals surface area (Å²) in [5, 5.41) is 9.71. The quantitative estimate of drug-likeness (QED) is 0.905. The van der Waals surface area contributed by atoms with Crippen molar-refractivity contribution in [1.29, 1.82) is 0 Å². The molecule has 6 heteroatoms. The SMILES string of the molecule is Cc1nn(C)c(C)c1[C@H]1CCCN1CC(=O)N[C@@H](C)c1cccs1. The molecule has 2 aromatic heterocycles. The molecule has 3 heterocycles. The van der Waals surface area contributed by atoms with Crippen LogP contribution >= 0.6 is 11.3 Å². The average Bonchev–Trinajstić information content (AvgIpc) is 3.23. The summed E-state index contributed by atoms with van der Waals surface area (Å²) >= 11 is 1.68. The van der Waals surface area contributed by atoms with Crippen molar-refractivity contribution in [3.63, 3.8) is 0 Å². The van der Waals surface area contributed by atoms with Gasteiger partial charge in [0.25, 0.3) is 0 Å². The summed E-state index contributed by atoms with van der Waals surface area (Å²) in [5.74, 6) is 0.0991. The Bertz CT molecular complexity index is 707. The molecular weight excluding hydrogens is 320 g/mol. The molecule has 0 aromatic carbocycles. The first-order valence-corrected chi connectivity index (χ1v) is 9.42. The van der Waals surface area contributed by atoms with Gasteiger partial charge in [0, 0.05) is 29.2 Å². The number of rotatable bonds is 5. The fourth-order valence-corrected chi connectivity index (χ4v) is 4.43. The van der Waals surface area contributed by atoms with Crippen LogP contribution < -0.4 is 5.32 Å². The molecule has 2 aromatic rings. The van der Waals surface area contributed by atoms with E-state index < -0.39 is 0 Å². The number of carbonyl (C=O) groups is 1. The van der Waals surface area contributed by atoms with E-state index in [0.717, 1.165) is 25.1 Å². The predicted octanol–water partition coefficient (Wildman–Crippen LogP) is 3.11. The molecule has 0 spiro atoms. The van der Waals surface area contributed by atoms with Crippen LogP contribution in [0.15, 0.2) is 17.5 Å². The van der Waals surface area contributed by atoms with Gasteiger partial charge in [0.05, 0.1) is 18.3 Å². The maximum Gasteiger partial charge on any atom is 0.234 e. The number of amides is 1. The highest BCUT2D eigenvalue weighted by molar-refractivity contribution is 7.10. The number of nitrogens with one attached hydrogen (secondary N) is 1. The third-order valence-electron chi connectivity index (χ3n) is 4.96. The molecule has 1 aliphatic rings. The van der Waals surface area contributed by atoms with Gasteiger partial charge in [0.2, 0.25) is 5.91 Å². The van der Waals surface area contributed by atoms with Crippen molar-refractivity contribution >= 4 is 17.2 Å². The minimum absolute atomic E-state index is 0.0698. The molecule has 0 saturated carbocycles. The van der Waals surface area contributed by atoms with Crippen molar-refractivity contribution in [2.75, 3.05) is 13.1 Å². The van der Waals surface area contributed by atoms with Crippen molar-refractivity contribution in [2.24, 2.45) is 7.05 Å². The van der Waals surface area contributed by atoms with E-state index in [-0.39, 0.29) is 11.9 Å². The highest BCUT2D eigenvalue weighted by atomic mass is 32.1. The van der Waals surface area contributed by atoms with Crippen LogP contribution in [0.2, 0.25) is 0 Å². The molecule has 1 saturated heterocycles. The van der Waals surface area contributed by atoms with Crippen LogP contribution in [0, 0.1) is 13.8 Å². The fourth-order valence-electron chi connectivity index (χ4n) is 3.69. The van der Waals surface area contributed by atoms with E-state index >= 15 is 0 Å². The second kappa shape index (κ2) is 7.07. The lowest BCUT2D eigenvalue weighted by atomic mass is 10.0. The van der Waals surface area contributed by atoms with Gasteiger partial charge in [-0.3, -0.25) is 14.4 Å². The molecule has 24 heavy (non-hydrogen) atoms. The summed E-state index contributed by atoms with van der Waals surface area (Å²) in [6.07, 6.45) is 2.23. The molecule has 1 amide bonds. The van der Waals surface area contributed by atoms with Crippen LogP contribution in [-0.2, 0) is 11.8 Å². The Balaban J connectivity index is 1.66. The molecule has 0 radical (unpaired) electrons. The Morgan fingerprint density at radius 1 is 1.50 bits per heavy atom. The third kappa shape index (κ3) is 3.39. The van der Waals surface area contributed by atoms with Crippen LogP contribution in [0.25, 0.3) is 0 Å². The maximum absolute atomic E-state index is 12.5. The number of nitrogens with zero attached hydrogens (tertiary/aromatic N) is 3.